The number of aliphatic hydroxyl groups is 1. The van der Waals surface area contributed by atoms with Gasteiger partial charge in [0, 0.05) is 11.3 Å². The Morgan fingerprint density at radius 3 is 2.68 bits per heavy atom. The van der Waals surface area contributed by atoms with Crippen LogP contribution in [0.3, 0.4) is 0 Å². The molecule has 0 radical (unpaired) electrons. The zero-order valence-electron chi connectivity index (χ0n) is 21.4. The first-order chi connectivity index (χ1) is 17.7. The van der Waals surface area contributed by atoms with E-state index in [2.05, 4.69) is 6.08 Å². The van der Waals surface area contributed by atoms with Gasteiger partial charge in [0.2, 0.25) is 5.91 Å². The number of cyclic esters (lactones) is 1. The Labute approximate surface area is 226 Å². The fourth-order valence-corrected chi connectivity index (χ4v) is 9.01. The Morgan fingerprint density at radius 2 is 1.97 bits per heavy atom. The molecule has 1 N–H and O–H groups in total. The highest BCUT2D eigenvalue weighted by Gasteiger charge is 2.74. The molecule has 5 rings (SSSR count). The number of likely N-dealkylation sites (tertiary alicyclic amines) is 1. The number of allylic oxidation sites excluding steroid dienone is 1. The maximum Gasteiger partial charge on any atom is 0.311 e. The Kier molecular flexibility index (Phi) is 6.96. The molecule has 6 atom stereocenters. The van der Waals surface area contributed by atoms with Crippen molar-refractivity contribution in [2.45, 2.75) is 61.6 Å². The van der Waals surface area contributed by atoms with E-state index in [-0.39, 0.29) is 25.0 Å². The lowest BCUT2D eigenvalue weighted by molar-refractivity contribution is -0.154. The second-order valence-corrected chi connectivity index (χ2v) is 12.7. The Hall–Kier alpha value is -2.29. The number of halogens is 1. The number of thioether (sulfide) groups is 1. The Morgan fingerprint density at radius 1 is 1.19 bits per heavy atom. The summed E-state index contributed by atoms with van der Waals surface area (Å²) in [6.45, 7) is 6.06. The fourth-order valence-electron chi connectivity index (χ4n) is 6.55. The topological polar surface area (TPSA) is 87.2 Å². The molecular formula is C28H33ClN2O5S. The van der Waals surface area contributed by atoms with Gasteiger partial charge in [0.1, 0.15) is 6.04 Å². The predicted octanol–water partition coefficient (Wildman–Crippen LogP) is 3.90. The number of ether oxygens (including phenoxy) is 1. The Bertz CT molecular complexity index is 1160. The maximum absolute atomic E-state index is 14.5. The maximum atomic E-state index is 14.5. The fraction of sp³-hybridized carbons (Fsp3) is 0.536. The van der Waals surface area contributed by atoms with E-state index in [4.69, 9.17) is 16.3 Å². The average molecular weight is 545 g/mol. The normalized spacial score (nSPS) is 35.1. The van der Waals surface area contributed by atoms with Crippen LogP contribution in [0.4, 0.5) is 5.69 Å². The number of hydrogen-bond donors (Lipinski definition) is 1. The van der Waals surface area contributed by atoms with Crippen molar-refractivity contribution in [1.29, 1.82) is 0 Å². The molecule has 37 heavy (non-hydrogen) atoms. The highest BCUT2D eigenvalue weighted by molar-refractivity contribution is 8.02. The van der Waals surface area contributed by atoms with Crippen LogP contribution in [0.5, 0.6) is 0 Å². The van der Waals surface area contributed by atoms with E-state index >= 15 is 0 Å². The molecule has 4 aliphatic heterocycles. The molecule has 0 saturated carbocycles. The van der Waals surface area contributed by atoms with Crippen LogP contribution in [0.2, 0.25) is 5.02 Å². The molecule has 0 bridgehead atoms. The summed E-state index contributed by atoms with van der Waals surface area (Å²) in [5, 5.41) is 10.7. The molecule has 2 fully saturated rings. The lowest BCUT2D eigenvalue weighted by atomic mass is 9.74. The van der Waals surface area contributed by atoms with Gasteiger partial charge >= 0.3 is 5.97 Å². The van der Waals surface area contributed by atoms with Crippen molar-refractivity contribution in [3.63, 3.8) is 0 Å². The zero-order chi connectivity index (χ0) is 26.5. The van der Waals surface area contributed by atoms with Crippen molar-refractivity contribution in [3.8, 4) is 0 Å². The second-order valence-electron chi connectivity index (χ2n) is 10.5. The van der Waals surface area contributed by atoms with E-state index in [1.807, 2.05) is 51.1 Å². The second kappa shape index (κ2) is 9.79. The lowest BCUT2D eigenvalue weighted by Gasteiger charge is -2.39. The number of amides is 2. The van der Waals surface area contributed by atoms with Crippen molar-refractivity contribution < 1.29 is 24.2 Å². The molecule has 198 valence electrons. The molecule has 0 aliphatic carbocycles. The summed E-state index contributed by atoms with van der Waals surface area (Å²) in [6.07, 6.45) is 9.93. The van der Waals surface area contributed by atoms with Crippen molar-refractivity contribution in [3.05, 3.63) is 53.1 Å². The molecule has 9 heteroatoms. The van der Waals surface area contributed by atoms with Gasteiger partial charge in [0.25, 0.3) is 5.91 Å². The van der Waals surface area contributed by atoms with Gasteiger partial charge in [0.15, 0.2) is 0 Å². The molecule has 1 aromatic carbocycles. The van der Waals surface area contributed by atoms with Crippen molar-refractivity contribution in [1.82, 2.24) is 4.90 Å². The number of fused-ring (bicyclic) bond motifs is 2. The summed E-state index contributed by atoms with van der Waals surface area (Å²) in [6, 6.07) is 4.03. The number of carbonyl (C=O) groups excluding carboxylic acids is 3. The summed E-state index contributed by atoms with van der Waals surface area (Å²) >= 11 is 8.10. The number of aliphatic hydroxyl groups excluding tert-OH is 1. The number of anilines is 1. The number of para-hydroxylation sites is 1. The highest BCUT2D eigenvalue weighted by Crippen LogP contribution is 2.65. The van der Waals surface area contributed by atoms with Crippen LogP contribution < -0.4 is 4.90 Å². The van der Waals surface area contributed by atoms with E-state index < -0.39 is 39.4 Å². The number of aryl methyl sites for hydroxylation is 1. The molecule has 4 heterocycles. The summed E-state index contributed by atoms with van der Waals surface area (Å²) in [5.41, 5.74) is 1.46. The molecule has 2 amide bonds. The van der Waals surface area contributed by atoms with Crippen molar-refractivity contribution in [2.24, 2.45) is 11.8 Å². The van der Waals surface area contributed by atoms with Gasteiger partial charge in [-0.2, -0.15) is 0 Å². The average Bonchev–Trinajstić information content (AvgIpc) is 3.21. The van der Waals surface area contributed by atoms with Gasteiger partial charge in [-0.1, -0.05) is 55.0 Å². The third kappa shape index (κ3) is 3.94. The van der Waals surface area contributed by atoms with Gasteiger partial charge in [0.05, 0.1) is 46.5 Å². The van der Waals surface area contributed by atoms with Crippen molar-refractivity contribution >= 4 is 46.8 Å². The molecule has 1 aromatic rings. The third-order valence-electron chi connectivity index (χ3n) is 8.22. The summed E-state index contributed by atoms with van der Waals surface area (Å²) in [7, 11) is 0. The summed E-state index contributed by atoms with van der Waals surface area (Å²) in [5.74, 6) is -2.50. The Balaban J connectivity index is 1.70. The van der Waals surface area contributed by atoms with Crippen LogP contribution >= 0.6 is 23.4 Å². The number of hydrogen-bond acceptors (Lipinski definition) is 6. The van der Waals surface area contributed by atoms with E-state index in [0.29, 0.717) is 23.7 Å². The minimum atomic E-state index is -0.997. The van der Waals surface area contributed by atoms with Crippen molar-refractivity contribution in [2.75, 3.05) is 24.7 Å². The number of benzene rings is 1. The zero-order valence-corrected chi connectivity index (χ0v) is 22.9. The van der Waals surface area contributed by atoms with E-state index in [0.717, 1.165) is 18.4 Å². The molecule has 1 spiro atoms. The number of nitrogens with zero attached hydrogens (tertiary/aromatic N) is 2. The van der Waals surface area contributed by atoms with Gasteiger partial charge in [-0.15, -0.1) is 11.8 Å². The van der Waals surface area contributed by atoms with Crippen LogP contribution in [0.1, 0.15) is 38.7 Å². The molecule has 1 unspecified atom stereocenters. The van der Waals surface area contributed by atoms with Gasteiger partial charge in [-0.05, 0) is 44.7 Å². The highest BCUT2D eigenvalue weighted by atomic mass is 35.5. The SMILES string of the molecule is CC[C@@H](CO)N1C(=O)[C@@H]2[C@H]3C(=O)OCCC/C=C\[C@@]3(C)S[C@@]23C=CCN(c2c(C)cccc2Cl)C(=O)C13. The first kappa shape index (κ1) is 26.3. The third-order valence-corrected chi connectivity index (χ3v) is 10.3. The molecular weight excluding hydrogens is 512 g/mol. The molecule has 4 aliphatic rings. The minimum absolute atomic E-state index is 0.260. The summed E-state index contributed by atoms with van der Waals surface area (Å²) < 4.78 is 3.93. The first-order valence-corrected chi connectivity index (χ1v) is 14.1. The number of rotatable bonds is 4. The molecule has 0 aromatic heterocycles. The van der Waals surface area contributed by atoms with Crippen LogP contribution in [0.25, 0.3) is 0 Å². The van der Waals surface area contributed by atoms with Crippen LogP contribution in [-0.2, 0) is 19.1 Å². The van der Waals surface area contributed by atoms with E-state index in [9.17, 15) is 19.5 Å². The standard InChI is InChI=1S/C28H33ClN2O5S/c1-4-18(16-32)31-23-25(34)30(22-17(2)10-8-11-19(22)29)14-9-13-28(23)20(24(31)33)21-26(35)36-15-7-5-6-12-27(21,3)37-28/h6,8-13,18,20-21,23,32H,4-5,7,14-16H2,1-3H3/b12-6-/t18-,20-,21-,23?,27+,28-/m0/s1. The number of carbonyl (C=O) groups is 3. The quantitative estimate of drug-likeness (QED) is 0.457. The monoisotopic (exact) mass is 544 g/mol. The number of esters is 1. The van der Waals surface area contributed by atoms with Crippen LogP contribution in [0.15, 0.2) is 42.5 Å². The smallest absolute Gasteiger partial charge is 0.311 e. The minimum Gasteiger partial charge on any atom is -0.465 e. The predicted molar refractivity (Wildman–Crippen MR) is 145 cm³/mol. The van der Waals surface area contributed by atoms with Gasteiger partial charge in [-0.3, -0.25) is 14.4 Å². The van der Waals surface area contributed by atoms with Crippen LogP contribution in [-0.4, -0.2) is 69.1 Å². The van der Waals surface area contributed by atoms with E-state index in [1.54, 1.807) is 15.9 Å². The van der Waals surface area contributed by atoms with E-state index in [1.165, 1.54) is 11.8 Å². The molecule has 2 saturated heterocycles. The molecule has 7 nitrogen and oxygen atoms in total. The lowest BCUT2D eigenvalue weighted by Crippen LogP contribution is -2.57. The van der Waals surface area contributed by atoms with Gasteiger partial charge in [-0.25, -0.2) is 0 Å². The first-order valence-electron chi connectivity index (χ1n) is 12.9. The largest absolute Gasteiger partial charge is 0.465 e. The van der Waals surface area contributed by atoms with Crippen LogP contribution in [0, 0.1) is 18.8 Å². The summed E-state index contributed by atoms with van der Waals surface area (Å²) in [4.78, 5) is 45.5. The van der Waals surface area contributed by atoms with Gasteiger partial charge < -0.3 is 19.6 Å².